The maximum absolute atomic E-state index is 13.0. The van der Waals surface area contributed by atoms with Gasteiger partial charge in [-0.15, -0.1) is 0 Å². The number of aryl methyl sites for hydroxylation is 1. The third-order valence-corrected chi connectivity index (χ3v) is 6.22. The van der Waals surface area contributed by atoms with E-state index in [4.69, 9.17) is 4.74 Å². The van der Waals surface area contributed by atoms with E-state index in [0.29, 0.717) is 25.4 Å². The molecule has 0 amide bonds. The predicted molar refractivity (Wildman–Crippen MR) is 91.6 cm³/mol. The van der Waals surface area contributed by atoms with Crippen molar-refractivity contribution in [1.29, 1.82) is 0 Å². The van der Waals surface area contributed by atoms with Gasteiger partial charge in [0.25, 0.3) is 0 Å². The highest BCUT2D eigenvalue weighted by Gasteiger charge is 2.32. The summed E-state index contributed by atoms with van der Waals surface area (Å²) in [6.45, 7) is 3.39. The summed E-state index contributed by atoms with van der Waals surface area (Å²) in [6.07, 6.45) is 5.44. The molecule has 0 aliphatic carbocycles. The van der Waals surface area contributed by atoms with Crippen molar-refractivity contribution in [3.05, 3.63) is 42.5 Å². The van der Waals surface area contributed by atoms with Gasteiger partial charge in [-0.05, 0) is 31.9 Å². The molecule has 1 fully saturated rings. The maximum atomic E-state index is 13.0. The van der Waals surface area contributed by atoms with Gasteiger partial charge in [-0.1, -0.05) is 6.07 Å². The van der Waals surface area contributed by atoms with Crippen LogP contribution in [-0.4, -0.2) is 42.0 Å². The zero-order valence-corrected chi connectivity index (χ0v) is 14.9. The summed E-state index contributed by atoms with van der Waals surface area (Å²) in [6, 6.07) is 6.72. The van der Waals surface area contributed by atoms with Gasteiger partial charge in [0.1, 0.15) is 11.6 Å². The number of benzene rings is 1. The molecule has 7 heteroatoms. The van der Waals surface area contributed by atoms with Gasteiger partial charge >= 0.3 is 0 Å². The van der Waals surface area contributed by atoms with Gasteiger partial charge in [-0.3, -0.25) is 0 Å². The molecule has 0 radical (unpaired) electrons. The van der Waals surface area contributed by atoms with Crippen LogP contribution in [0.15, 0.2) is 41.6 Å². The van der Waals surface area contributed by atoms with Crippen LogP contribution in [0.5, 0.6) is 5.75 Å². The van der Waals surface area contributed by atoms with Crippen LogP contribution in [-0.2, 0) is 17.1 Å². The Bertz CT molecular complexity index is 801. The smallest absolute Gasteiger partial charge is 0.243 e. The van der Waals surface area contributed by atoms with E-state index in [1.165, 1.54) is 0 Å². The van der Waals surface area contributed by atoms with Crippen molar-refractivity contribution < 1.29 is 13.2 Å². The van der Waals surface area contributed by atoms with Gasteiger partial charge in [-0.2, -0.15) is 4.31 Å². The summed E-state index contributed by atoms with van der Waals surface area (Å²) >= 11 is 0. The standard InChI is InChI=1S/C17H23N3O3S/c1-3-23-15-7-4-8-16(12-15)24(21,22)20-10-5-6-14(13-20)17-18-9-11-19(17)2/h4,7-9,11-12,14H,3,5-6,10,13H2,1-2H3/t14-/m0/s1. The molecular formula is C17H23N3O3S. The van der Waals surface area contributed by atoms with Crippen molar-refractivity contribution in [2.45, 2.75) is 30.6 Å². The monoisotopic (exact) mass is 349 g/mol. The highest BCUT2D eigenvalue weighted by Crippen LogP contribution is 2.30. The van der Waals surface area contributed by atoms with Crippen LogP contribution in [0.3, 0.4) is 0 Å². The molecule has 1 aromatic heterocycles. The number of hydrogen-bond donors (Lipinski definition) is 0. The zero-order chi connectivity index (χ0) is 17.2. The second kappa shape index (κ2) is 6.94. The van der Waals surface area contributed by atoms with Crippen molar-refractivity contribution in [3.8, 4) is 5.75 Å². The average Bonchev–Trinajstić information content (AvgIpc) is 3.02. The Kier molecular flexibility index (Phi) is 4.91. The minimum absolute atomic E-state index is 0.128. The van der Waals surface area contributed by atoms with E-state index in [0.717, 1.165) is 18.7 Å². The first-order chi connectivity index (χ1) is 11.5. The van der Waals surface area contributed by atoms with Crippen molar-refractivity contribution in [2.24, 2.45) is 7.05 Å². The summed E-state index contributed by atoms with van der Waals surface area (Å²) in [5.74, 6) is 1.65. The Morgan fingerprint density at radius 1 is 1.38 bits per heavy atom. The number of nitrogens with zero attached hydrogens (tertiary/aromatic N) is 3. The molecule has 1 aliphatic rings. The van der Waals surface area contributed by atoms with E-state index < -0.39 is 10.0 Å². The Labute approximate surface area is 143 Å². The molecule has 130 valence electrons. The van der Waals surface area contributed by atoms with E-state index in [9.17, 15) is 8.42 Å². The molecule has 1 aromatic carbocycles. The molecule has 1 aliphatic heterocycles. The first-order valence-corrected chi connectivity index (χ1v) is 9.66. The van der Waals surface area contributed by atoms with Crippen LogP contribution in [0.25, 0.3) is 0 Å². The van der Waals surface area contributed by atoms with Crippen LogP contribution in [0.2, 0.25) is 0 Å². The summed E-state index contributed by atoms with van der Waals surface area (Å²) < 4.78 is 34.9. The second-order valence-electron chi connectivity index (χ2n) is 6.01. The number of aromatic nitrogens is 2. The minimum atomic E-state index is -3.52. The highest BCUT2D eigenvalue weighted by atomic mass is 32.2. The molecule has 6 nitrogen and oxygen atoms in total. The van der Waals surface area contributed by atoms with Crippen molar-refractivity contribution in [1.82, 2.24) is 13.9 Å². The fourth-order valence-electron chi connectivity index (χ4n) is 3.18. The lowest BCUT2D eigenvalue weighted by atomic mass is 9.99. The number of imidazole rings is 1. The van der Waals surface area contributed by atoms with Crippen molar-refractivity contribution in [2.75, 3.05) is 19.7 Å². The first kappa shape index (κ1) is 17.0. The number of ether oxygens (including phenoxy) is 1. The molecule has 2 aromatic rings. The lowest BCUT2D eigenvalue weighted by Gasteiger charge is -2.31. The quantitative estimate of drug-likeness (QED) is 0.831. The fourth-order valence-corrected chi connectivity index (χ4v) is 4.74. The number of hydrogen-bond acceptors (Lipinski definition) is 4. The van der Waals surface area contributed by atoms with Crippen LogP contribution in [0.4, 0.5) is 0 Å². The summed E-state index contributed by atoms with van der Waals surface area (Å²) in [7, 11) is -1.58. The van der Waals surface area contributed by atoms with Gasteiger partial charge < -0.3 is 9.30 Å². The lowest BCUT2D eigenvalue weighted by molar-refractivity contribution is 0.306. The van der Waals surface area contributed by atoms with Crippen LogP contribution in [0, 0.1) is 0 Å². The molecule has 0 saturated carbocycles. The SMILES string of the molecule is CCOc1cccc(S(=O)(=O)N2CCC[C@H](c3nccn3C)C2)c1. The topological polar surface area (TPSA) is 64.4 Å². The van der Waals surface area contributed by atoms with Crippen LogP contribution in [0.1, 0.15) is 31.5 Å². The molecule has 2 heterocycles. The largest absolute Gasteiger partial charge is 0.494 e. The van der Waals surface area contributed by atoms with E-state index in [1.54, 1.807) is 34.8 Å². The number of rotatable bonds is 5. The normalized spacial score (nSPS) is 19.3. The Morgan fingerprint density at radius 2 is 2.21 bits per heavy atom. The van der Waals surface area contributed by atoms with Crippen LogP contribution < -0.4 is 4.74 Å². The van der Waals surface area contributed by atoms with Crippen molar-refractivity contribution >= 4 is 10.0 Å². The first-order valence-electron chi connectivity index (χ1n) is 8.22. The summed E-state index contributed by atoms with van der Waals surface area (Å²) in [5, 5.41) is 0. The Balaban J connectivity index is 1.84. The van der Waals surface area contributed by atoms with E-state index in [1.807, 2.05) is 24.7 Å². The molecule has 0 N–H and O–H groups in total. The third kappa shape index (κ3) is 3.32. The predicted octanol–water partition coefficient (Wildman–Crippen LogP) is 2.39. The average molecular weight is 349 g/mol. The number of piperidine rings is 1. The zero-order valence-electron chi connectivity index (χ0n) is 14.1. The van der Waals surface area contributed by atoms with Crippen LogP contribution >= 0.6 is 0 Å². The molecular weight excluding hydrogens is 326 g/mol. The van der Waals surface area contributed by atoms with Gasteiger partial charge in [0.2, 0.25) is 10.0 Å². The Morgan fingerprint density at radius 3 is 2.92 bits per heavy atom. The molecule has 1 atom stereocenters. The van der Waals surface area contributed by atoms with Gasteiger partial charge in [0.05, 0.1) is 11.5 Å². The summed E-state index contributed by atoms with van der Waals surface area (Å²) in [4.78, 5) is 4.67. The van der Waals surface area contributed by atoms with Crippen molar-refractivity contribution in [3.63, 3.8) is 0 Å². The molecule has 24 heavy (non-hydrogen) atoms. The van der Waals surface area contributed by atoms with Gasteiger partial charge in [0.15, 0.2) is 0 Å². The highest BCUT2D eigenvalue weighted by molar-refractivity contribution is 7.89. The molecule has 1 saturated heterocycles. The van der Waals surface area contributed by atoms with E-state index >= 15 is 0 Å². The third-order valence-electron chi connectivity index (χ3n) is 4.36. The van der Waals surface area contributed by atoms with Gasteiger partial charge in [0, 0.05) is 44.5 Å². The number of sulfonamides is 1. The molecule has 0 unspecified atom stereocenters. The Hall–Kier alpha value is -1.86. The molecule has 3 rings (SSSR count). The summed E-state index contributed by atoms with van der Waals surface area (Å²) in [5.41, 5.74) is 0. The second-order valence-corrected chi connectivity index (χ2v) is 7.94. The van der Waals surface area contributed by atoms with Gasteiger partial charge in [-0.25, -0.2) is 13.4 Å². The maximum Gasteiger partial charge on any atom is 0.243 e. The lowest BCUT2D eigenvalue weighted by Crippen LogP contribution is -2.39. The fraction of sp³-hybridized carbons (Fsp3) is 0.471. The molecule has 0 spiro atoms. The molecule has 0 bridgehead atoms. The van der Waals surface area contributed by atoms with E-state index in [-0.39, 0.29) is 10.8 Å². The van der Waals surface area contributed by atoms with E-state index in [2.05, 4.69) is 4.98 Å². The minimum Gasteiger partial charge on any atom is -0.494 e.